The highest BCUT2D eigenvalue weighted by Gasteiger charge is 2.37. The van der Waals surface area contributed by atoms with Gasteiger partial charge < -0.3 is 10.3 Å². The van der Waals surface area contributed by atoms with Crippen molar-refractivity contribution < 1.29 is 4.42 Å². The molecule has 4 N–H and O–H groups in total. The van der Waals surface area contributed by atoms with Crippen LogP contribution in [-0.2, 0) is 0 Å². The minimum Gasteiger partial charge on any atom is -0.459 e. The minimum atomic E-state index is -0.334. The number of rotatable bonds is 4. The largest absolute Gasteiger partial charge is 0.459 e. The molecule has 1 aliphatic rings. The Balaban J connectivity index is 1.66. The van der Waals surface area contributed by atoms with Crippen LogP contribution in [0.2, 0.25) is 0 Å². The quantitative estimate of drug-likeness (QED) is 0.248. The molecule has 1 fully saturated rings. The van der Waals surface area contributed by atoms with Gasteiger partial charge >= 0.3 is 0 Å². The smallest absolute Gasteiger partial charge is 0.164 e. The van der Waals surface area contributed by atoms with Gasteiger partial charge in [0, 0.05) is 10.9 Å². The van der Waals surface area contributed by atoms with Gasteiger partial charge in [-0.25, -0.2) is 5.84 Å². The van der Waals surface area contributed by atoms with E-state index < -0.39 is 0 Å². The van der Waals surface area contributed by atoms with Crippen LogP contribution in [-0.4, -0.2) is 34.4 Å². The number of likely N-dealkylation sites (tertiary alicyclic amines) is 1. The van der Waals surface area contributed by atoms with Gasteiger partial charge in [-0.2, -0.15) is 5.10 Å². The number of piperidine rings is 1. The van der Waals surface area contributed by atoms with Crippen molar-refractivity contribution in [3.8, 4) is 0 Å². The van der Waals surface area contributed by atoms with E-state index in [1.165, 1.54) is 16.7 Å². The molecule has 0 saturated carbocycles. The van der Waals surface area contributed by atoms with Gasteiger partial charge in [0.15, 0.2) is 5.84 Å². The van der Waals surface area contributed by atoms with E-state index in [1.807, 2.05) is 18.2 Å². The molecular formula is C27H37N5O. The summed E-state index contributed by atoms with van der Waals surface area (Å²) in [7, 11) is 0. The molecule has 1 aromatic heterocycles. The summed E-state index contributed by atoms with van der Waals surface area (Å²) < 4.78 is 6.32. The first-order valence-corrected chi connectivity index (χ1v) is 11.8. The molecule has 33 heavy (non-hydrogen) atoms. The van der Waals surface area contributed by atoms with E-state index in [4.69, 9.17) is 16.1 Å². The summed E-state index contributed by atoms with van der Waals surface area (Å²) in [5.74, 6) is 14.5. The number of hydrazone groups is 1. The molecule has 1 aliphatic heterocycles. The Morgan fingerprint density at radius 1 is 1.09 bits per heavy atom. The van der Waals surface area contributed by atoms with Gasteiger partial charge in [-0.1, -0.05) is 42.0 Å². The van der Waals surface area contributed by atoms with Gasteiger partial charge in [0.2, 0.25) is 0 Å². The Bertz CT molecular complexity index is 1100. The molecule has 1 atom stereocenters. The number of benzene rings is 2. The SMILES string of the molecule is Cc1ccc(C)c(C2CCN(C(/C(=N/N)N(N)C(C)(C)C)c3cc4ccccc4o3)CC2)c1. The summed E-state index contributed by atoms with van der Waals surface area (Å²) in [6.45, 7) is 12.4. The first-order chi connectivity index (χ1) is 15.7. The molecule has 176 valence electrons. The number of nitrogens with zero attached hydrogens (tertiary/aromatic N) is 3. The van der Waals surface area contributed by atoms with Crippen molar-refractivity contribution in [2.45, 2.75) is 65.0 Å². The number of para-hydroxylation sites is 1. The molecule has 0 aliphatic carbocycles. The second-order valence-corrected chi connectivity index (χ2v) is 10.3. The molecule has 2 aromatic carbocycles. The monoisotopic (exact) mass is 447 g/mol. The van der Waals surface area contributed by atoms with E-state index in [0.717, 1.165) is 42.7 Å². The number of amidine groups is 1. The van der Waals surface area contributed by atoms with Crippen LogP contribution in [0.5, 0.6) is 0 Å². The molecule has 2 heterocycles. The number of aryl methyl sites for hydroxylation is 2. The topological polar surface area (TPSA) is 84.0 Å². The number of furan rings is 1. The summed E-state index contributed by atoms with van der Waals surface area (Å²) in [4.78, 5) is 2.41. The molecule has 4 rings (SSSR count). The van der Waals surface area contributed by atoms with Crippen molar-refractivity contribution >= 4 is 16.8 Å². The Morgan fingerprint density at radius 3 is 2.42 bits per heavy atom. The maximum atomic E-state index is 6.55. The van der Waals surface area contributed by atoms with Crippen molar-refractivity contribution in [1.29, 1.82) is 0 Å². The van der Waals surface area contributed by atoms with Crippen LogP contribution in [0, 0.1) is 13.8 Å². The lowest BCUT2D eigenvalue weighted by Crippen LogP contribution is -2.55. The van der Waals surface area contributed by atoms with Gasteiger partial charge in [-0.3, -0.25) is 9.91 Å². The first kappa shape index (κ1) is 23.3. The number of hydrazine groups is 1. The van der Waals surface area contributed by atoms with Gasteiger partial charge in [0.25, 0.3) is 0 Å². The van der Waals surface area contributed by atoms with E-state index in [-0.39, 0.29) is 11.6 Å². The highest BCUT2D eigenvalue weighted by atomic mass is 16.3. The number of hydrogen-bond acceptors (Lipinski definition) is 5. The van der Waals surface area contributed by atoms with Crippen molar-refractivity contribution in [2.24, 2.45) is 16.8 Å². The van der Waals surface area contributed by atoms with Crippen LogP contribution in [0.3, 0.4) is 0 Å². The number of nitrogens with two attached hydrogens (primary N) is 2. The fourth-order valence-corrected chi connectivity index (χ4v) is 4.88. The second kappa shape index (κ2) is 9.20. The molecule has 1 saturated heterocycles. The van der Waals surface area contributed by atoms with E-state index >= 15 is 0 Å². The third kappa shape index (κ3) is 4.77. The van der Waals surface area contributed by atoms with Crippen LogP contribution < -0.4 is 11.7 Å². The second-order valence-electron chi connectivity index (χ2n) is 10.3. The summed E-state index contributed by atoms with van der Waals surface area (Å²) in [6, 6.07) is 16.7. The highest BCUT2D eigenvalue weighted by Crippen LogP contribution is 2.37. The predicted octanol–water partition coefficient (Wildman–Crippen LogP) is 5.22. The number of hydrogen-bond donors (Lipinski definition) is 2. The Kier molecular flexibility index (Phi) is 6.50. The highest BCUT2D eigenvalue weighted by molar-refractivity contribution is 5.89. The molecule has 3 aromatic rings. The van der Waals surface area contributed by atoms with Crippen molar-refractivity contribution in [3.05, 3.63) is 71.0 Å². The lowest BCUT2D eigenvalue weighted by molar-refractivity contribution is 0.149. The fourth-order valence-electron chi connectivity index (χ4n) is 4.88. The number of fused-ring (bicyclic) bond motifs is 1. The fraction of sp³-hybridized carbons (Fsp3) is 0.444. The van der Waals surface area contributed by atoms with E-state index in [0.29, 0.717) is 11.8 Å². The normalized spacial score (nSPS) is 17.5. The van der Waals surface area contributed by atoms with Gasteiger partial charge in [-0.15, -0.1) is 0 Å². The van der Waals surface area contributed by atoms with Crippen molar-refractivity contribution in [3.63, 3.8) is 0 Å². The van der Waals surface area contributed by atoms with Crippen LogP contribution >= 0.6 is 0 Å². The Morgan fingerprint density at radius 2 is 1.79 bits per heavy atom. The summed E-state index contributed by atoms with van der Waals surface area (Å²) in [5, 5.41) is 6.95. The third-order valence-electron chi connectivity index (χ3n) is 6.83. The maximum absolute atomic E-state index is 6.55. The lowest BCUT2D eigenvalue weighted by Gasteiger charge is -2.42. The average molecular weight is 448 g/mol. The molecule has 0 radical (unpaired) electrons. The molecule has 0 amide bonds. The molecule has 0 bridgehead atoms. The Labute approximate surface area is 197 Å². The zero-order valence-corrected chi connectivity index (χ0v) is 20.5. The van der Waals surface area contributed by atoms with Gasteiger partial charge in [0.1, 0.15) is 17.4 Å². The van der Waals surface area contributed by atoms with Gasteiger partial charge in [0.05, 0.1) is 0 Å². The Hall–Kier alpha value is -2.83. The van der Waals surface area contributed by atoms with E-state index in [9.17, 15) is 0 Å². The molecule has 6 heteroatoms. The summed E-state index contributed by atoms with van der Waals surface area (Å²) in [6.07, 6.45) is 2.14. The van der Waals surface area contributed by atoms with E-state index in [1.54, 1.807) is 5.01 Å². The minimum absolute atomic E-state index is 0.244. The molecule has 0 spiro atoms. The average Bonchev–Trinajstić information content (AvgIpc) is 3.22. The van der Waals surface area contributed by atoms with Crippen LogP contribution in [0.25, 0.3) is 11.0 Å². The van der Waals surface area contributed by atoms with Crippen LogP contribution in [0.15, 0.2) is 58.0 Å². The van der Waals surface area contributed by atoms with Gasteiger partial charge in [-0.05, 0) is 89.7 Å². The van der Waals surface area contributed by atoms with Crippen LogP contribution in [0.1, 0.15) is 68.0 Å². The lowest BCUT2D eigenvalue weighted by atomic mass is 9.85. The predicted molar refractivity (Wildman–Crippen MR) is 136 cm³/mol. The first-order valence-electron chi connectivity index (χ1n) is 11.8. The maximum Gasteiger partial charge on any atom is 0.164 e. The molecule has 1 unspecified atom stereocenters. The molecule has 6 nitrogen and oxygen atoms in total. The standard InChI is InChI=1S/C27H37N5O/c1-18-10-11-19(2)22(16-18)20-12-14-31(15-13-20)25(26(30-28)32(29)27(3,4)5)24-17-21-8-6-7-9-23(21)33-24/h6-11,16-17,20,25H,12-15,28-29H2,1-5H3/b30-26-. The zero-order valence-electron chi connectivity index (χ0n) is 20.5. The van der Waals surface area contributed by atoms with Crippen molar-refractivity contribution in [2.75, 3.05) is 13.1 Å². The zero-order chi connectivity index (χ0) is 23.8. The summed E-state index contributed by atoms with van der Waals surface area (Å²) in [5.41, 5.74) is 4.69. The summed E-state index contributed by atoms with van der Waals surface area (Å²) >= 11 is 0. The molecular weight excluding hydrogens is 410 g/mol. The van der Waals surface area contributed by atoms with Crippen molar-refractivity contribution in [1.82, 2.24) is 9.91 Å². The van der Waals surface area contributed by atoms with E-state index in [2.05, 4.69) is 75.0 Å². The third-order valence-corrected chi connectivity index (χ3v) is 6.83. The van der Waals surface area contributed by atoms with Crippen LogP contribution in [0.4, 0.5) is 0 Å².